The first-order valence-corrected chi connectivity index (χ1v) is 6.06. The van der Waals surface area contributed by atoms with Gasteiger partial charge in [-0.05, 0) is 24.3 Å². The highest BCUT2D eigenvalue weighted by Crippen LogP contribution is 2.22. The number of rotatable bonds is 3. The van der Waals surface area contributed by atoms with Gasteiger partial charge >= 0.3 is 5.97 Å². The summed E-state index contributed by atoms with van der Waals surface area (Å²) in [6, 6.07) is 7.18. The van der Waals surface area contributed by atoms with Gasteiger partial charge < -0.3 is 10.4 Å². The van der Waals surface area contributed by atoms with Gasteiger partial charge in [-0.1, -0.05) is 23.7 Å². The second-order valence-electron chi connectivity index (χ2n) is 4.02. The summed E-state index contributed by atoms with van der Waals surface area (Å²) >= 11 is 5.56. The number of carboxylic acid groups (broad SMARTS) is 1. The number of nitrogens with one attached hydrogen (secondary N) is 1. The van der Waals surface area contributed by atoms with Gasteiger partial charge in [-0.25, -0.2) is 13.6 Å². The summed E-state index contributed by atoms with van der Waals surface area (Å²) in [4.78, 5) is 22.9. The minimum atomic E-state index is -1.55. The first-order valence-electron chi connectivity index (χ1n) is 5.69. The Kier molecular flexibility index (Phi) is 4.18. The Bertz CT molecular complexity index is 734. The quantitative estimate of drug-likeness (QED) is 0.910. The summed E-state index contributed by atoms with van der Waals surface area (Å²) in [7, 11) is 0. The number of hydrogen-bond acceptors (Lipinski definition) is 2. The van der Waals surface area contributed by atoms with Crippen LogP contribution < -0.4 is 5.32 Å². The highest BCUT2D eigenvalue weighted by molar-refractivity contribution is 6.31. The van der Waals surface area contributed by atoms with Gasteiger partial charge in [-0.3, -0.25) is 4.79 Å². The van der Waals surface area contributed by atoms with Crippen molar-refractivity contribution in [3.05, 3.63) is 64.2 Å². The van der Waals surface area contributed by atoms with Gasteiger partial charge in [-0.2, -0.15) is 0 Å². The Morgan fingerprint density at radius 1 is 1.10 bits per heavy atom. The molecule has 0 bridgehead atoms. The van der Waals surface area contributed by atoms with E-state index in [2.05, 4.69) is 5.32 Å². The number of aromatic carboxylic acids is 1. The Morgan fingerprint density at radius 2 is 1.76 bits per heavy atom. The van der Waals surface area contributed by atoms with Crippen molar-refractivity contribution in [3.63, 3.8) is 0 Å². The highest BCUT2D eigenvalue weighted by atomic mass is 35.5. The van der Waals surface area contributed by atoms with Crippen molar-refractivity contribution >= 4 is 29.2 Å². The molecule has 7 heteroatoms. The zero-order valence-corrected chi connectivity index (χ0v) is 11.1. The van der Waals surface area contributed by atoms with E-state index < -0.39 is 29.1 Å². The second-order valence-corrected chi connectivity index (χ2v) is 4.43. The molecule has 0 unspecified atom stereocenters. The number of halogens is 3. The normalized spacial score (nSPS) is 10.2. The van der Waals surface area contributed by atoms with E-state index in [1.54, 1.807) is 0 Å². The second kappa shape index (κ2) is 5.88. The molecule has 0 aromatic heterocycles. The lowest BCUT2D eigenvalue weighted by Crippen LogP contribution is -2.17. The van der Waals surface area contributed by atoms with Crippen LogP contribution in [0.4, 0.5) is 14.5 Å². The van der Waals surface area contributed by atoms with E-state index in [0.717, 1.165) is 6.07 Å². The predicted octanol–water partition coefficient (Wildman–Crippen LogP) is 3.57. The van der Waals surface area contributed by atoms with Crippen molar-refractivity contribution in [3.8, 4) is 0 Å². The first kappa shape index (κ1) is 14.9. The SMILES string of the molecule is O=C(Nc1cccc(F)c1C(=O)O)c1cccc(Cl)c1F. The van der Waals surface area contributed by atoms with E-state index in [0.29, 0.717) is 0 Å². The molecule has 0 saturated carbocycles. The maximum Gasteiger partial charge on any atom is 0.340 e. The number of carbonyl (C=O) groups excluding carboxylic acids is 1. The van der Waals surface area contributed by atoms with E-state index in [9.17, 15) is 18.4 Å². The molecule has 0 atom stereocenters. The van der Waals surface area contributed by atoms with Crippen LogP contribution in [-0.2, 0) is 0 Å². The first-order chi connectivity index (χ1) is 9.91. The maximum absolute atomic E-state index is 13.7. The number of carboxylic acids is 1. The fourth-order valence-electron chi connectivity index (χ4n) is 1.71. The molecule has 0 saturated heterocycles. The molecule has 0 fully saturated rings. The van der Waals surface area contributed by atoms with Crippen LogP contribution in [0, 0.1) is 11.6 Å². The summed E-state index contributed by atoms with van der Waals surface area (Å²) < 4.78 is 27.2. The monoisotopic (exact) mass is 311 g/mol. The largest absolute Gasteiger partial charge is 0.478 e. The molecule has 0 aliphatic heterocycles. The van der Waals surface area contributed by atoms with E-state index in [1.807, 2.05) is 0 Å². The summed E-state index contributed by atoms with van der Waals surface area (Å²) in [5.74, 6) is -4.42. The molecule has 21 heavy (non-hydrogen) atoms. The van der Waals surface area contributed by atoms with Crippen LogP contribution in [0.2, 0.25) is 5.02 Å². The summed E-state index contributed by atoms with van der Waals surface area (Å²) in [6.07, 6.45) is 0. The molecule has 2 rings (SSSR count). The van der Waals surface area contributed by atoms with Gasteiger partial charge in [0.15, 0.2) is 5.82 Å². The van der Waals surface area contributed by atoms with Crippen molar-refractivity contribution in [2.24, 2.45) is 0 Å². The Hall–Kier alpha value is -2.47. The molecule has 1 amide bonds. The maximum atomic E-state index is 13.7. The molecule has 0 aliphatic rings. The molecule has 2 aromatic carbocycles. The van der Waals surface area contributed by atoms with Crippen LogP contribution in [0.25, 0.3) is 0 Å². The van der Waals surface area contributed by atoms with Crippen molar-refractivity contribution in [2.75, 3.05) is 5.32 Å². The Labute approximate surface area is 123 Å². The van der Waals surface area contributed by atoms with Crippen molar-refractivity contribution in [2.45, 2.75) is 0 Å². The lowest BCUT2D eigenvalue weighted by Gasteiger charge is -2.10. The van der Waals surface area contributed by atoms with Crippen molar-refractivity contribution < 1.29 is 23.5 Å². The van der Waals surface area contributed by atoms with Gasteiger partial charge in [0, 0.05) is 0 Å². The summed E-state index contributed by atoms with van der Waals surface area (Å²) in [5.41, 5.74) is -1.34. The van der Waals surface area contributed by atoms with Gasteiger partial charge in [-0.15, -0.1) is 0 Å². The molecule has 4 nitrogen and oxygen atoms in total. The number of carbonyl (C=O) groups is 2. The van der Waals surface area contributed by atoms with Gasteiger partial charge in [0.1, 0.15) is 11.4 Å². The van der Waals surface area contributed by atoms with E-state index in [4.69, 9.17) is 16.7 Å². The molecule has 0 spiro atoms. The van der Waals surface area contributed by atoms with Gasteiger partial charge in [0.25, 0.3) is 5.91 Å². The molecule has 2 aromatic rings. The molecule has 0 aliphatic carbocycles. The third kappa shape index (κ3) is 3.00. The Balaban J connectivity index is 2.39. The number of hydrogen-bond donors (Lipinski definition) is 2. The van der Waals surface area contributed by atoms with Crippen LogP contribution in [0.1, 0.15) is 20.7 Å². The fourth-order valence-corrected chi connectivity index (χ4v) is 1.89. The van der Waals surface area contributed by atoms with E-state index in [-0.39, 0.29) is 16.3 Å². The van der Waals surface area contributed by atoms with Crippen LogP contribution in [-0.4, -0.2) is 17.0 Å². The van der Waals surface area contributed by atoms with Crippen LogP contribution >= 0.6 is 11.6 Å². The zero-order chi connectivity index (χ0) is 15.6. The van der Waals surface area contributed by atoms with E-state index >= 15 is 0 Å². The summed E-state index contributed by atoms with van der Waals surface area (Å²) in [6.45, 7) is 0. The number of amides is 1. The zero-order valence-electron chi connectivity index (χ0n) is 10.4. The van der Waals surface area contributed by atoms with Crippen molar-refractivity contribution in [1.29, 1.82) is 0 Å². The smallest absolute Gasteiger partial charge is 0.340 e. The van der Waals surface area contributed by atoms with Crippen LogP contribution in [0.15, 0.2) is 36.4 Å². The average Bonchev–Trinajstić information content (AvgIpc) is 2.41. The highest BCUT2D eigenvalue weighted by Gasteiger charge is 2.20. The summed E-state index contributed by atoms with van der Waals surface area (Å²) in [5, 5.41) is 10.9. The van der Waals surface area contributed by atoms with Crippen molar-refractivity contribution in [1.82, 2.24) is 0 Å². The molecular weight excluding hydrogens is 304 g/mol. The number of anilines is 1. The third-order valence-electron chi connectivity index (χ3n) is 2.67. The van der Waals surface area contributed by atoms with E-state index in [1.165, 1.54) is 30.3 Å². The Morgan fingerprint density at radius 3 is 2.43 bits per heavy atom. The fraction of sp³-hybridized carbons (Fsp3) is 0. The van der Waals surface area contributed by atoms with Crippen LogP contribution in [0.3, 0.4) is 0 Å². The molecule has 0 radical (unpaired) electrons. The molecule has 108 valence electrons. The molecular formula is C14H8ClF2NO3. The van der Waals surface area contributed by atoms with Gasteiger partial charge in [0.2, 0.25) is 0 Å². The predicted molar refractivity (Wildman–Crippen MR) is 72.7 cm³/mol. The minimum absolute atomic E-state index is 0.250. The topological polar surface area (TPSA) is 66.4 Å². The lowest BCUT2D eigenvalue weighted by molar-refractivity contribution is 0.0693. The van der Waals surface area contributed by atoms with Gasteiger partial charge in [0.05, 0.1) is 16.3 Å². The minimum Gasteiger partial charge on any atom is -0.478 e. The third-order valence-corrected chi connectivity index (χ3v) is 2.96. The molecule has 0 heterocycles. The number of benzene rings is 2. The molecule has 2 N–H and O–H groups in total. The van der Waals surface area contributed by atoms with Crippen LogP contribution in [0.5, 0.6) is 0 Å². The average molecular weight is 312 g/mol. The lowest BCUT2D eigenvalue weighted by atomic mass is 10.1. The standard InChI is InChI=1S/C14H8ClF2NO3/c15-8-4-1-3-7(12(8)17)13(19)18-10-6-2-5-9(16)11(10)14(20)21/h1-6H,(H,18,19)(H,20,21).